The van der Waals surface area contributed by atoms with E-state index in [0.717, 1.165) is 4.90 Å². The standard InChI is InChI=1S/C22H28O6S/c1-5-26-20(24)19(21(25)27-6-2)17-12-13-22(4,28-15(3)23)18(17)14-29-16-10-8-7-9-11-16/h7-11,18H,5-6,12-14H2,1-4H3/t18?,22-/m1/s1. The Morgan fingerprint density at radius 1 is 1.07 bits per heavy atom. The van der Waals surface area contributed by atoms with Gasteiger partial charge in [0.25, 0.3) is 0 Å². The van der Waals surface area contributed by atoms with E-state index in [1.165, 1.54) is 6.92 Å². The lowest BCUT2D eigenvalue weighted by Gasteiger charge is -2.31. The van der Waals surface area contributed by atoms with E-state index in [-0.39, 0.29) is 24.7 Å². The molecule has 0 amide bonds. The van der Waals surface area contributed by atoms with Gasteiger partial charge in [0.05, 0.1) is 13.2 Å². The van der Waals surface area contributed by atoms with Gasteiger partial charge in [0.2, 0.25) is 0 Å². The Labute approximate surface area is 176 Å². The average Bonchev–Trinajstić information content (AvgIpc) is 2.96. The predicted molar refractivity (Wildman–Crippen MR) is 110 cm³/mol. The highest BCUT2D eigenvalue weighted by molar-refractivity contribution is 7.99. The van der Waals surface area contributed by atoms with E-state index in [1.807, 2.05) is 37.3 Å². The molecule has 2 atom stereocenters. The predicted octanol–water partition coefficient (Wildman–Crippen LogP) is 3.93. The molecule has 0 saturated heterocycles. The molecule has 1 saturated carbocycles. The molecule has 0 heterocycles. The molecule has 1 fully saturated rings. The summed E-state index contributed by atoms with van der Waals surface area (Å²) in [4.78, 5) is 38.0. The molecule has 1 aromatic rings. The number of carbonyl (C=O) groups excluding carboxylic acids is 3. The van der Waals surface area contributed by atoms with Crippen molar-refractivity contribution in [2.45, 2.75) is 51.0 Å². The van der Waals surface area contributed by atoms with E-state index in [1.54, 1.807) is 25.6 Å². The zero-order valence-electron chi connectivity index (χ0n) is 17.4. The van der Waals surface area contributed by atoms with Crippen molar-refractivity contribution in [2.75, 3.05) is 19.0 Å². The summed E-state index contributed by atoms with van der Waals surface area (Å²) < 4.78 is 15.9. The topological polar surface area (TPSA) is 78.9 Å². The lowest BCUT2D eigenvalue weighted by Crippen LogP contribution is -2.37. The Kier molecular flexibility index (Phi) is 8.32. The van der Waals surface area contributed by atoms with Crippen LogP contribution in [0.2, 0.25) is 0 Å². The maximum Gasteiger partial charge on any atom is 0.345 e. The van der Waals surface area contributed by atoms with Gasteiger partial charge in [-0.15, -0.1) is 11.8 Å². The fraction of sp³-hybridized carbons (Fsp3) is 0.500. The number of benzene rings is 1. The molecule has 0 bridgehead atoms. The molecule has 7 heteroatoms. The molecular formula is C22H28O6S. The van der Waals surface area contributed by atoms with Gasteiger partial charge in [-0.1, -0.05) is 18.2 Å². The zero-order chi connectivity index (χ0) is 21.4. The smallest absolute Gasteiger partial charge is 0.345 e. The fourth-order valence-electron chi connectivity index (χ4n) is 3.57. The minimum Gasteiger partial charge on any atom is -0.462 e. The highest BCUT2D eigenvalue weighted by Crippen LogP contribution is 2.46. The Hall–Kier alpha value is -2.28. The van der Waals surface area contributed by atoms with Crippen molar-refractivity contribution >= 4 is 29.7 Å². The van der Waals surface area contributed by atoms with Crippen molar-refractivity contribution in [1.82, 2.24) is 0 Å². The van der Waals surface area contributed by atoms with E-state index in [4.69, 9.17) is 14.2 Å². The minimum atomic E-state index is -0.812. The largest absolute Gasteiger partial charge is 0.462 e. The molecule has 0 radical (unpaired) electrons. The highest BCUT2D eigenvalue weighted by atomic mass is 32.2. The van der Waals surface area contributed by atoms with E-state index < -0.39 is 23.5 Å². The summed E-state index contributed by atoms with van der Waals surface area (Å²) in [5, 5.41) is 0. The molecule has 29 heavy (non-hydrogen) atoms. The van der Waals surface area contributed by atoms with Gasteiger partial charge < -0.3 is 14.2 Å². The van der Waals surface area contributed by atoms with Crippen LogP contribution >= 0.6 is 11.8 Å². The molecule has 0 spiro atoms. The Balaban J connectivity index is 2.45. The number of esters is 3. The maximum atomic E-state index is 12.6. The van der Waals surface area contributed by atoms with Crippen molar-refractivity contribution in [3.8, 4) is 0 Å². The third kappa shape index (κ3) is 5.85. The van der Waals surface area contributed by atoms with Crippen molar-refractivity contribution < 1.29 is 28.6 Å². The van der Waals surface area contributed by atoms with Gasteiger partial charge >= 0.3 is 17.9 Å². The normalized spacial score (nSPS) is 20.8. The van der Waals surface area contributed by atoms with Crippen LogP contribution in [-0.2, 0) is 28.6 Å². The summed E-state index contributed by atoms with van der Waals surface area (Å²) >= 11 is 1.59. The van der Waals surface area contributed by atoms with Crippen LogP contribution in [0.15, 0.2) is 46.4 Å². The molecule has 1 aliphatic carbocycles. The molecule has 1 aliphatic rings. The fourth-order valence-corrected chi connectivity index (χ4v) is 4.84. The van der Waals surface area contributed by atoms with Crippen molar-refractivity contribution in [2.24, 2.45) is 5.92 Å². The minimum absolute atomic E-state index is 0.0664. The molecule has 6 nitrogen and oxygen atoms in total. The number of ether oxygens (including phenoxy) is 3. The van der Waals surface area contributed by atoms with Crippen LogP contribution in [0.5, 0.6) is 0 Å². The molecule has 0 aliphatic heterocycles. The second-order valence-corrected chi connectivity index (χ2v) is 8.02. The number of rotatable bonds is 8. The van der Waals surface area contributed by atoms with Crippen LogP contribution in [-0.4, -0.2) is 42.5 Å². The van der Waals surface area contributed by atoms with Gasteiger partial charge in [0, 0.05) is 23.5 Å². The SMILES string of the molecule is CCOC(=O)C(C(=O)OCC)=C1CC[C@@](C)(OC(C)=O)C1CSc1ccccc1. The highest BCUT2D eigenvalue weighted by Gasteiger charge is 2.48. The zero-order valence-corrected chi connectivity index (χ0v) is 18.2. The molecule has 0 aromatic heterocycles. The van der Waals surface area contributed by atoms with E-state index in [2.05, 4.69) is 0 Å². The van der Waals surface area contributed by atoms with Crippen molar-refractivity contribution in [1.29, 1.82) is 0 Å². The number of hydrogen-bond donors (Lipinski definition) is 0. The monoisotopic (exact) mass is 420 g/mol. The number of hydrogen-bond acceptors (Lipinski definition) is 7. The summed E-state index contributed by atoms with van der Waals surface area (Å²) in [6.07, 6.45) is 0.973. The molecule has 2 rings (SSSR count). The first-order valence-electron chi connectivity index (χ1n) is 9.77. The van der Waals surface area contributed by atoms with E-state index >= 15 is 0 Å². The third-order valence-electron chi connectivity index (χ3n) is 4.87. The first kappa shape index (κ1) is 23.0. The molecule has 0 N–H and O–H groups in total. The van der Waals surface area contributed by atoms with Gasteiger partial charge in [0.15, 0.2) is 0 Å². The second-order valence-electron chi connectivity index (χ2n) is 6.92. The van der Waals surface area contributed by atoms with Crippen molar-refractivity contribution in [3.63, 3.8) is 0 Å². The van der Waals surface area contributed by atoms with Crippen molar-refractivity contribution in [3.05, 3.63) is 41.5 Å². The summed E-state index contributed by atoms with van der Waals surface area (Å²) in [6.45, 7) is 6.90. The maximum absolute atomic E-state index is 12.6. The van der Waals surface area contributed by atoms with Crippen LogP contribution in [0.1, 0.15) is 40.5 Å². The van der Waals surface area contributed by atoms with Gasteiger partial charge in [-0.3, -0.25) is 4.79 Å². The average molecular weight is 421 g/mol. The third-order valence-corrected chi connectivity index (χ3v) is 5.97. The van der Waals surface area contributed by atoms with Gasteiger partial charge in [-0.2, -0.15) is 0 Å². The summed E-state index contributed by atoms with van der Waals surface area (Å²) in [6, 6.07) is 9.81. The molecule has 1 aromatic carbocycles. The first-order valence-corrected chi connectivity index (χ1v) is 10.8. The molecular weight excluding hydrogens is 392 g/mol. The Bertz CT molecular complexity index is 753. The Morgan fingerprint density at radius 2 is 1.66 bits per heavy atom. The van der Waals surface area contributed by atoms with Gasteiger partial charge in [-0.05, 0) is 51.3 Å². The molecule has 158 valence electrons. The van der Waals surface area contributed by atoms with Crippen LogP contribution in [0.4, 0.5) is 0 Å². The summed E-state index contributed by atoms with van der Waals surface area (Å²) in [5.74, 6) is -1.55. The first-order chi connectivity index (χ1) is 13.8. The van der Waals surface area contributed by atoms with E-state index in [9.17, 15) is 14.4 Å². The summed E-state index contributed by atoms with van der Waals surface area (Å²) in [7, 11) is 0. The van der Waals surface area contributed by atoms with Gasteiger partial charge in [-0.25, -0.2) is 9.59 Å². The van der Waals surface area contributed by atoms with Crippen LogP contribution in [0, 0.1) is 5.92 Å². The van der Waals surface area contributed by atoms with E-state index in [0.29, 0.717) is 24.2 Å². The van der Waals surface area contributed by atoms with Crippen LogP contribution in [0.3, 0.4) is 0 Å². The molecule has 1 unspecified atom stereocenters. The lowest BCUT2D eigenvalue weighted by molar-refractivity contribution is -0.157. The van der Waals surface area contributed by atoms with Crippen LogP contribution in [0.25, 0.3) is 0 Å². The summed E-state index contributed by atoms with van der Waals surface area (Å²) in [5.41, 5.74) is -0.245. The number of thioether (sulfide) groups is 1. The lowest BCUT2D eigenvalue weighted by atomic mass is 9.89. The van der Waals surface area contributed by atoms with Gasteiger partial charge in [0.1, 0.15) is 11.2 Å². The second kappa shape index (κ2) is 10.5. The van der Waals surface area contributed by atoms with Crippen LogP contribution < -0.4 is 0 Å². The number of carbonyl (C=O) groups is 3. The Morgan fingerprint density at radius 3 is 2.17 bits per heavy atom. The quantitative estimate of drug-likeness (QED) is 0.157.